The number of para-hydroxylation sites is 1. The minimum atomic E-state index is 0. The first kappa shape index (κ1) is 36.6. The summed E-state index contributed by atoms with van der Waals surface area (Å²) in [7, 11) is 3.52. The van der Waals surface area contributed by atoms with Crippen LogP contribution in [0.1, 0.15) is 0 Å². The van der Waals surface area contributed by atoms with Crippen molar-refractivity contribution >= 4 is 11.7 Å². The molecule has 0 atom stereocenters. The van der Waals surface area contributed by atoms with Crippen LogP contribution in [0.2, 0.25) is 0 Å². The third-order valence-corrected chi connectivity index (χ3v) is 6.66. The second-order valence-corrected chi connectivity index (χ2v) is 9.98. The van der Waals surface area contributed by atoms with Gasteiger partial charge < -0.3 is 30.2 Å². The van der Waals surface area contributed by atoms with Crippen LogP contribution in [0, 0.1) is 42.8 Å². The van der Waals surface area contributed by atoms with E-state index in [1.54, 1.807) is 42.4 Å². The van der Waals surface area contributed by atoms with Crippen LogP contribution in [-0.2, 0) is 42.1 Å². The molecular weight excluding hydrogens is 975 g/mol. The van der Waals surface area contributed by atoms with E-state index in [1.807, 2.05) is 107 Å². The van der Waals surface area contributed by atoms with Crippen LogP contribution in [0.3, 0.4) is 0 Å². The summed E-state index contributed by atoms with van der Waals surface area (Å²) in [4.78, 5) is 4.54. The van der Waals surface area contributed by atoms with Gasteiger partial charge in [-0.1, -0.05) is 45.3 Å². The van der Waals surface area contributed by atoms with E-state index in [1.165, 1.54) is 0 Å². The van der Waals surface area contributed by atoms with Crippen molar-refractivity contribution < 1.29 is 65.5 Å². The fraction of sp³-hybridized carbons (Fsp3) is 0.0500. The Balaban J connectivity index is 0.000000537. The summed E-state index contributed by atoms with van der Waals surface area (Å²) in [5, 5.41) is 0. The second-order valence-electron chi connectivity index (χ2n) is 9.98. The molecule has 3 heterocycles. The monoisotopic (exact) mass is 1000 g/mol. The molecule has 2 aromatic heterocycles. The molecule has 0 fully saturated rings. The number of methoxy groups -OCH3 is 1. The van der Waals surface area contributed by atoms with Gasteiger partial charge in [0.15, 0.2) is 7.05 Å². The first-order valence-electron chi connectivity index (χ1n) is 14.5. The molecule has 0 spiro atoms. The van der Waals surface area contributed by atoms with Crippen molar-refractivity contribution in [1.29, 1.82) is 0 Å². The van der Waals surface area contributed by atoms with E-state index in [0.717, 1.165) is 16.8 Å². The zero-order chi connectivity index (χ0) is 32.4. The van der Waals surface area contributed by atoms with E-state index < -0.39 is 0 Å². The van der Waals surface area contributed by atoms with E-state index in [2.05, 4.69) is 47.4 Å². The number of rotatable bonds is 8. The average molecular weight is 1000 g/mol. The predicted molar refractivity (Wildman–Crippen MR) is 176 cm³/mol. The largest absolute Gasteiger partial charge is 4.00 e. The van der Waals surface area contributed by atoms with E-state index in [4.69, 9.17) is 20.6 Å². The van der Waals surface area contributed by atoms with Crippen LogP contribution in [0.4, 0.5) is 5.69 Å². The molecule has 1 aliphatic heterocycles. The number of nitrogens with zero attached hydrogens (tertiary/aromatic N) is 4. The molecule has 1 aliphatic rings. The summed E-state index contributed by atoms with van der Waals surface area (Å²) >= 11 is 0. The second kappa shape index (κ2) is 17.8. The van der Waals surface area contributed by atoms with Gasteiger partial charge in [-0.05, 0) is 12.1 Å². The van der Waals surface area contributed by atoms with Crippen LogP contribution in [0.15, 0.2) is 122 Å². The van der Waals surface area contributed by atoms with Gasteiger partial charge in [-0.25, -0.2) is 24.2 Å². The third kappa shape index (κ3) is 9.89. The molecule has 4 aromatic carbocycles. The predicted octanol–water partition coefficient (Wildman–Crippen LogP) is 7.83. The minimum absolute atomic E-state index is 0. The zero-order valence-corrected chi connectivity index (χ0v) is 30.7. The molecule has 7 nitrogen and oxygen atoms in total. The summed E-state index contributed by atoms with van der Waals surface area (Å²) in [5.74, 6) is 2.83. The number of hydrogen-bond donors (Lipinski definition) is 0. The SMILES string of the molecule is COc1cc(Oc2[c-]c([N+]3=C=[N+](C)C=C3)ccc2)[c-]c(-c2cc(-c3[c-]c(Oc4[c-]cccc4)ccc3)[c-]cn2)c1.[C-]#Cn1cccc1.[Pt+2].[Pt+4]. The summed E-state index contributed by atoms with van der Waals surface area (Å²) in [5.41, 5.74) is 3.82. The number of aromatic nitrogens is 2. The van der Waals surface area contributed by atoms with Crippen molar-refractivity contribution in [1.82, 2.24) is 9.55 Å². The molecule has 0 bridgehead atoms. The van der Waals surface area contributed by atoms with Gasteiger partial charge >= 0.3 is 48.1 Å². The molecular formula is C40H26N4O3Pt2+2. The van der Waals surface area contributed by atoms with Crippen LogP contribution in [0.5, 0.6) is 28.7 Å². The van der Waals surface area contributed by atoms with E-state index in [-0.39, 0.29) is 42.1 Å². The number of hydrogen-bond acceptors (Lipinski definition) is 4. The summed E-state index contributed by atoms with van der Waals surface area (Å²) in [6, 6.07) is 49.6. The summed E-state index contributed by atoms with van der Waals surface area (Å²) in [6.07, 6.45) is 15.5. The molecule has 7 rings (SSSR count). The molecule has 0 aliphatic carbocycles. The molecule has 0 unspecified atom stereocenters. The van der Waals surface area contributed by atoms with Gasteiger partial charge in [0.1, 0.15) is 5.69 Å². The van der Waals surface area contributed by atoms with E-state index in [9.17, 15) is 0 Å². The Labute approximate surface area is 315 Å². The molecule has 49 heavy (non-hydrogen) atoms. The normalized spacial score (nSPS) is 11.0. The van der Waals surface area contributed by atoms with Crippen molar-refractivity contribution in [3.05, 3.63) is 159 Å². The Bertz CT molecular complexity index is 2150. The van der Waals surface area contributed by atoms with Crippen LogP contribution >= 0.6 is 0 Å². The standard InChI is InChI=1S/C34H22N3O3.C6H4N.2Pt/c1-36-16-17-37(24-36)28-9-7-13-31(22-28)40-33-20-27(19-32(23-33)38-2)34-21-26(14-15-35-34)25-8-6-12-30(18-25)39-29-10-4-3-5-11-29;1-2-7-5-3-4-6-7;;/h3-10,12-13,15-17,19,21,23H,1-2H3;3-6H;;/q-3;-1;+2;+4. The van der Waals surface area contributed by atoms with Gasteiger partial charge in [0.05, 0.1) is 7.11 Å². The molecule has 0 saturated carbocycles. The van der Waals surface area contributed by atoms with Crippen molar-refractivity contribution in [3.63, 3.8) is 0 Å². The summed E-state index contributed by atoms with van der Waals surface area (Å²) < 4.78 is 22.8. The average Bonchev–Trinajstić information content (AvgIpc) is 3.81. The van der Waals surface area contributed by atoms with Crippen molar-refractivity contribution in [3.8, 4) is 57.2 Å². The number of ether oxygens (including phenoxy) is 3. The first-order valence-corrected chi connectivity index (χ1v) is 14.5. The van der Waals surface area contributed by atoms with Gasteiger partial charge in [-0.15, -0.1) is 35.9 Å². The number of benzene rings is 4. The van der Waals surface area contributed by atoms with E-state index in [0.29, 0.717) is 40.0 Å². The van der Waals surface area contributed by atoms with Crippen molar-refractivity contribution in [2.24, 2.45) is 0 Å². The Morgan fingerprint density at radius 1 is 0.776 bits per heavy atom. The fourth-order valence-corrected chi connectivity index (χ4v) is 4.44. The quantitative estimate of drug-likeness (QED) is 0.0888. The van der Waals surface area contributed by atoms with Gasteiger partial charge in [0.25, 0.3) is 6.20 Å². The molecule has 6 aromatic rings. The maximum atomic E-state index is 6.57. The van der Waals surface area contributed by atoms with Gasteiger partial charge in [-0.2, -0.15) is 36.4 Å². The zero-order valence-electron chi connectivity index (χ0n) is 26.2. The van der Waals surface area contributed by atoms with Crippen LogP contribution in [-0.4, -0.2) is 38.9 Å². The molecule has 9 heteroatoms. The maximum absolute atomic E-state index is 6.57. The summed E-state index contributed by atoms with van der Waals surface area (Å²) in [6.45, 7) is 0. The van der Waals surface area contributed by atoms with Crippen molar-refractivity contribution in [2.75, 3.05) is 14.2 Å². The van der Waals surface area contributed by atoms with E-state index >= 15 is 0 Å². The topological polar surface area (TPSA) is 51.5 Å². The van der Waals surface area contributed by atoms with Gasteiger partial charge in [0.2, 0.25) is 6.20 Å². The molecule has 0 N–H and O–H groups in total. The number of pyridine rings is 1. The Morgan fingerprint density at radius 3 is 2.20 bits per heavy atom. The van der Waals surface area contributed by atoms with Crippen LogP contribution in [0.25, 0.3) is 22.4 Å². The Morgan fingerprint density at radius 2 is 1.51 bits per heavy atom. The van der Waals surface area contributed by atoms with Crippen molar-refractivity contribution in [2.45, 2.75) is 0 Å². The fourth-order valence-electron chi connectivity index (χ4n) is 4.44. The third-order valence-electron chi connectivity index (χ3n) is 6.66. The maximum Gasteiger partial charge on any atom is 4.00 e. The molecule has 0 radical (unpaired) electrons. The smallest absolute Gasteiger partial charge is 0.669 e. The Hall–Kier alpha value is -5.23. The minimum Gasteiger partial charge on any atom is -0.669 e. The van der Waals surface area contributed by atoms with Gasteiger partial charge in [0, 0.05) is 41.1 Å². The molecule has 0 amide bonds. The molecule has 242 valence electrons. The molecule has 0 saturated heterocycles. The van der Waals surface area contributed by atoms with Crippen LogP contribution < -0.4 is 14.2 Å². The Kier molecular flexibility index (Phi) is 13.3. The first-order chi connectivity index (χ1) is 23.1. The van der Waals surface area contributed by atoms with Gasteiger partial charge in [-0.3, -0.25) is 11.1 Å².